The summed E-state index contributed by atoms with van der Waals surface area (Å²) in [7, 11) is 3.21. The molecule has 0 aromatic heterocycles. The normalized spacial score (nSPS) is 14.0. The van der Waals surface area contributed by atoms with E-state index in [1.807, 2.05) is 18.2 Å². The number of hydrogen-bond donors (Lipinski definition) is 0. The van der Waals surface area contributed by atoms with Crippen molar-refractivity contribution in [3.05, 3.63) is 53.6 Å². The molecule has 1 saturated heterocycles. The maximum atomic E-state index is 12.7. The number of ether oxygens (including phenoxy) is 2. The first-order valence-electron chi connectivity index (χ1n) is 8.61. The van der Waals surface area contributed by atoms with Gasteiger partial charge in [0.2, 0.25) is 0 Å². The van der Waals surface area contributed by atoms with Crippen LogP contribution in [0.5, 0.6) is 11.5 Å². The van der Waals surface area contributed by atoms with Gasteiger partial charge in [0.25, 0.3) is 5.91 Å². The second-order valence-corrected chi connectivity index (χ2v) is 6.15. The Labute approximate surface area is 157 Å². The number of carbonyl (C=O) groups excluding carboxylic acids is 2. The van der Waals surface area contributed by atoms with Gasteiger partial charge >= 0.3 is 0 Å². The number of piperazine rings is 1. The molecular formula is C20H21N2O5-. The highest BCUT2D eigenvalue weighted by atomic mass is 16.5. The Kier molecular flexibility index (Phi) is 5.49. The molecular weight excluding hydrogens is 348 g/mol. The molecule has 1 fully saturated rings. The van der Waals surface area contributed by atoms with Crippen LogP contribution in [0.4, 0.5) is 5.69 Å². The first-order chi connectivity index (χ1) is 13.0. The van der Waals surface area contributed by atoms with Crippen molar-refractivity contribution in [2.75, 3.05) is 45.3 Å². The second kappa shape index (κ2) is 7.99. The third-order valence-electron chi connectivity index (χ3n) is 4.67. The summed E-state index contributed by atoms with van der Waals surface area (Å²) < 4.78 is 10.7. The van der Waals surface area contributed by atoms with Gasteiger partial charge in [-0.25, -0.2) is 0 Å². The van der Waals surface area contributed by atoms with E-state index in [9.17, 15) is 14.7 Å². The number of carbonyl (C=O) groups is 2. The van der Waals surface area contributed by atoms with Crippen molar-refractivity contribution in [3.8, 4) is 11.5 Å². The van der Waals surface area contributed by atoms with E-state index < -0.39 is 5.97 Å². The van der Waals surface area contributed by atoms with Crippen LogP contribution < -0.4 is 19.5 Å². The maximum absolute atomic E-state index is 12.7. The molecule has 1 heterocycles. The Balaban J connectivity index is 1.73. The predicted octanol–water partition coefficient (Wildman–Crippen LogP) is 1.03. The quantitative estimate of drug-likeness (QED) is 0.783. The summed E-state index contributed by atoms with van der Waals surface area (Å²) in [5.41, 5.74) is 1.01. The third-order valence-corrected chi connectivity index (χ3v) is 4.67. The molecule has 7 heteroatoms. The van der Waals surface area contributed by atoms with E-state index in [4.69, 9.17) is 9.47 Å². The van der Waals surface area contributed by atoms with Crippen LogP contribution >= 0.6 is 0 Å². The highest BCUT2D eigenvalue weighted by Gasteiger charge is 2.25. The molecule has 1 aliphatic heterocycles. The Morgan fingerprint density at radius 3 is 2.19 bits per heavy atom. The van der Waals surface area contributed by atoms with Crippen molar-refractivity contribution >= 4 is 17.6 Å². The molecule has 0 radical (unpaired) electrons. The van der Waals surface area contributed by atoms with Crippen molar-refractivity contribution in [3.63, 3.8) is 0 Å². The van der Waals surface area contributed by atoms with Gasteiger partial charge in [-0.15, -0.1) is 0 Å². The lowest BCUT2D eigenvalue weighted by molar-refractivity contribution is -0.255. The predicted molar refractivity (Wildman–Crippen MR) is 98.4 cm³/mol. The Bertz CT molecular complexity index is 844. The molecule has 3 rings (SSSR count). The van der Waals surface area contributed by atoms with E-state index in [0.29, 0.717) is 37.7 Å². The molecule has 2 aromatic carbocycles. The monoisotopic (exact) mass is 369 g/mol. The highest BCUT2D eigenvalue weighted by molar-refractivity contribution is 6.04. The molecule has 7 nitrogen and oxygen atoms in total. The Morgan fingerprint density at radius 2 is 1.59 bits per heavy atom. The largest absolute Gasteiger partial charge is 0.545 e. The molecule has 27 heavy (non-hydrogen) atoms. The number of carboxylic acids is 1. The van der Waals surface area contributed by atoms with E-state index in [0.717, 1.165) is 5.69 Å². The van der Waals surface area contributed by atoms with Gasteiger partial charge in [-0.3, -0.25) is 4.79 Å². The summed E-state index contributed by atoms with van der Waals surface area (Å²) >= 11 is 0. The fourth-order valence-electron chi connectivity index (χ4n) is 3.21. The lowest BCUT2D eigenvalue weighted by Gasteiger charge is -2.37. The van der Waals surface area contributed by atoms with Gasteiger partial charge in [-0.1, -0.05) is 18.2 Å². The number of rotatable bonds is 5. The van der Waals surface area contributed by atoms with Gasteiger partial charge in [-0.05, 0) is 18.2 Å². The van der Waals surface area contributed by atoms with Crippen molar-refractivity contribution in [2.24, 2.45) is 0 Å². The summed E-state index contributed by atoms with van der Waals surface area (Å²) in [5, 5.41) is 11.3. The molecule has 0 spiro atoms. The summed E-state index contributed by atoms with van der Waals surface area (Å²) in [5.74, 6) is -0.226. The number of benzene rings is 2. The van der Waals surface area contributed by atoms with Crippen LogP contribution in [0.25, 0.3) is 0 Å². The van der Waals surface area contributed by atoms with E-state index in [-0.39, 0.29) is 17.0 Å². The Hall–Kier alpha value is -3.22. The zero-order valence-corrected chi connectivity index (χ0v) is 15.3. The average Bonchev–Trinajstić information content (AvgIpc) is 2.72. The van der Waals surface area contributed by atoms with Crippen LogP contribution in [0.3, 0.4) is 0 Å². The summed E-state index contributed by atoms with van der Waals surface area (Å²) in [4.78, 5) is 27.8. The number of anilines is 1. The van der Waals surface area contributed by atoms with Gasteiger partial charge in [-0.2, -0.15) is 0 Å². The smallest absolute Gasteiger partial charge is 0.254 e. The fraction of sp³-hybridized carbons (Fsp3) is 0.300. The van der Waals surface area contributed by atoms with Crippen molar-refractivity contribution in [1.29, 1.82) is 0 Å². The van der Waals surface area contributed by atoms with Crippen LogP contribution in [-0.2, 0) is 0 Å². The van der Waals surface area contributed by atoms with Crippen LogP contribution in [0.1, 0.15) is 20.7 Å². The standard InChI is InChI=1S/C20H22N2O5/c1-26-14-7-8-17(18(13-14)27-2)21-9-11-22(12-10-21)19(23)15-5-3-4-6-16(15)20(24)25/h3-8,13H,9-12H2,1-2H3,(H,24,25)/p-1. The molecule has 1 amide bonds. The summed E-state index contributed by atoms with van der Waals surface area (Å²) in [6.45, 7) is 2.19. The molecule has 1 aliphatic rings. The summed E-state index contributed by atoms with van der Waals surface area (Å²) in [6.07, 6.45) is 0. The average molecular weight is 369 g/mol. The summed E-state index contributed by atoms with van der Waals surface area (Å²) in [6, 6.07) is 11.8. The van der Waals surface area contributed by atoms with Crippen LogP contribution in [0.2, 0.25) is 0 Å². The van der Waals surface area contributed by atoms with Gasteiger partial charge in [0.05, 0.1) is 25.9 Å². The number of nitrogens with zero attached hydrogens (tertiary/aromatic N) is 2. The van der Waals surface area contributed by atoms with Crippen molar-refractivity contribution in [2.45, 2.75) is 0 Å². The highest BCUT2D eigenvalue weighted by Crippen LogP contribution is 2.32. The molecule has 142 valence electrons. The van der Waals surface area contributed by atoms with Crippen molar-refractivity contribution < 1.29 is 24.2 Å². The molecule has 0 unspecified atom stereocenters. The van der Waals surface area contributed by atoms with E-state index in [1.54, 1.807) is 31.3 Å². The van der Waals surface area contributed by atoms with Gasteiger partial charge in [0.15, 0.2) is 0 Å². The van der Waals surface area contributed by atoms with Crippen molar-refractivity contribution in [1.82, 2.24) is 4.90 Å². The SMILES string of the molecule is COc1ccc(N2CCN(C(=O)c3ccccc3C(=O)[O-])CC2)c(OC)c1. The first-order valence-corrected chi connectivity index (χ1v) is 8.61. The van der Waals surface area contributed by atoms with Crippen LogP contribution in [0, 0.1) is 0 Å². The zero-order chi connectivity index (χ0) is 19.4. The second-order valence-electron chi connectivity index (χ2n) is 6.15. The minimum atomic E-state index is -1.35. The number of amides is 1. The molecule has 0 aliphatic carbocycles. The molecule has 0 N–H and O–H groups in total. The fourth-order valence-corrected chi connectivity index (χ4v) is 3.21. The lowest BCUT2D eigenvalue weighted by atomic mass is 10.1. The minimum Gasteiger partial charge on any atom is -0.545 e. The zero-order valence-electron chi connectivity index (χ0n) is 15.3. The molecule has 0 bridgehead atoms. The number of aromatic carboxylic acids is 1. The Morgan fingerprint density at radius 1 is 0.926 bits per heavy atom. The molecule has 0 atom stereocenters. The molecule has 0 saturated carbocycles. The maximum Gasteiger partial charge on any atom is 0.254 e. The number of carboxylic acid groups (broad SMARTS) is 1. The van der Waals surface area contributed by atoms with Gasteiger partial charge in [0.1, 0.15) is 11.5 Å². The van der Waals surface area contributed by atoms with Gasteiger partial charge < -0.3 is 29.2 Å². The lowest BCUT2D eigenvalue weighted by Crippen LogP contribution is -2.49. The molecule has 2 aromatic rings. The van der Waals surface area contributed by atoms with Crippen LogP contribution in [-0.4, -0.2) is 57.2 Å². The van der Waals surface area contributed by atoms with E-state index in [2.05, 4.69) is 4.90 Å². The van der Waals surface area contributed by atoms with E-state index >= 15 is 0 Å². The van der Waals surface area contributed by atoms with E-state index in [1.165, 1.54) is 12.1 Å². The first kappa shape index (κ1) is 18.6. The van der Waals surface area contributed by atoms with Gasteiger partial charge in [0, 0.05) is 43.4 Å². The topological polar surface area (TPSA) is 82.1 Å². The van der Waals surface area contributed by atoms with Crippen LogP contribution in [0.15, 0.2) is 42.5 Å². The number of methoxy groups -OCH3 is 2. The third kappa shape index (κ3) is 3.81. The number of hydrogen-bond acceptors (Lipinski definition) is 6. The minimum absolute atomic E-state index is 0.0817.